The quantitative estimate of drug-likeness (QED) is 0.273. The molecule has 0 radical (unpaired) electrons. The third-order valence-corrected chi connectivity index (χ3v) is 5.55. The van der Waals surface area contributed by atoms with Crippen LogP contribution in [0.2, 0.25) is 0 Å². The number of carbonyl (C=O) groups is 3. The van der Waals surface area contributed by atoms with Gasteiger partial charge in [-0.3, -0.25) is 19.0 Å². The van der Waals surface area contributed by atoms with Crippen LogP contribution in [0.25, 0.3) is 6.08 Å². The number of ether oxygens (including phenoxy) is 2. The second kappa shape index (κ2) is 11.1. The minimum atomic E-state index is -1.08. The van der Waals surface area contributed by atoms with E-state index in [-0.39, 0.29) is 6.54 Å². The molecule has 0 atom stereocenters. The Balaban J connectivity index is 1.93. The highest BCUT2D eigenvalue weighted by Crippen LogP contribution is 2.12. The van der Waals surface area contributed by atoms with Gasteiger partial charge in [0, 0.05) is 11.0 Å². The lowest BCUT2D eigenvalue weighted by Gasteiger charge is -2.16. The summed E-state index contributed by atoms with van der Waals surface area (Å²) in [5.74, 6) is -2.97. The molecule has 0 saturated heterocycles. The van der Waals surface area contributed by atoms with Gasteiger partial charge in [-0.25, -0.2) is 14.2 Å². The Labute approximate surface area is 197 Å². The van der Waals surface area contributed by atoms with Crippen molar-refractivity contribution in [2.45, 2.75) is 13.1 Å². The third-order valence-electron chi connectivity index (χ3n) is 4.72. The Bertz CT molecular complexity index is 1340. The van der Waals surface area contributed by atoms with Gasteiger partial charge in [0.2, 0.25) is 5.78 Å². The number of nitrogens with two attached hydrogens (primary N) is 1. The fourth-order valence-electron chi connectivity index (χ4n) is 3.02. The van der Waals surface area contributed by atoms with Crippen molar-refractivity contribution in [2.24, 2.45) is 0 Å². The van der Waals surface area contributed by atoms with Gasteiger partial charge < -0.3 is 15.2 Å². The van der Waals surface area contributed by atoms with Crippen LogP contribution in [0.5, 0.6) is 0 Å². The van der Waals surface area contributed by atoms with E-state index < -0.39 is 53.5 Å². The van der Waals surface area contributed by atoms with Crippen molar-refractivity contribution in [2.75, 3.05) is 19.5 Å². The summed E-state index contributed by atoms with van der Waals surface area (Å²) in [6.07, 6.45) is 2.67. The van der Waals surface area contributed by atoms with Crippen LogP contribution in [0.3, 0.4) is 0 Å². The molecule has 3 rings (SSSR count). The molecule has 0 bridgehead atoms. The maximum Gasteiger partial charge on any atom is 0.333 e. The fourth-order valence-corrected chi connectivity index (χ4v) is 3.64. The number of hydrogen-bond donors (Lipinski definition) is 1. The topological polar surface area (TPSA) is 140 Å². The lowest BCUT2D eigenvalue weighted by atomic mass is 10.2. The van der Waals surface area contributed by atoms with Crippen molar-refractivity contribution in [1.29, 1.82) is 0 Å². The molecular formula is C23H21N3O7S. The zero-order chi connectivity index (χ0) is 24.7. The summed E-state index contributed by atoms with van der Waals surface area (Å²) in [4.78, 5) is 63.2. The number of hydrogen-bond acceptors (Lipinski definition) is 9. The van der Waals surface area contributed by atoms with Gasteiger partial charge in [0.1, 0.15) is 17.9 Å². The van der Waals surface area contributed by atoms with E-state index >= 15 is 0 Å². The van der Waals surface area contributed by atoms with Crippen molar-refractivity contribution in [3.8, 4) is 0 Å². The lowest BCUT2D eigenvalue weighted by molar-refractivity contribution is -0.141. The Morgan fingerprint density at radius 2 is 1.79 bits per heavy atom. The number of methoxy groups -OCH3 is 1. The van der Waals surface area contributed by atoms with Crippen molar-refractivity contribution in [3.05, 3.63) is 90.8 Å². The summed E-state index contributed by atoms with van der Waals surface area (Å²) >= 11 is 1.41. The predicted octanol–water partition coefficient (Wildman–Crippen LogP) is 1.31. The fraction of sp³-hybridized carbons (Fsp3) is 0.174. The maximum absolute atomic E-state index is 12.9. The second-order valence-corrected chi connectivity index (χ2v) is 7.94. The molecule has 0 fully saturated rings. The molecule has 10 nitrogen and oxygen atoms in total. The monoisotopic (exact) mass is 483 g/mol. The van der Waals surface area contributed by atoms with E-state index in [1.807, 2.05) is 11.4 Å². The molecule has 0 aliphatic rings. The van der Waals surface area contributed by atoms with Crippen LogP contribution in [0, 0.1) is 0 Å². The third kappa shape index (κ3) is 5.75. The number of ketones is 1. The van der Waals surface area contributed by atoms with E-state index in [4.69, 9.17) is 10.5 Å². The molecule has 0 aliphatic heterocycles. The first-order valence-corrected chi connectivity index (χ1v) is 10.8. The largest absolute Gasteiger partial charge is 0.468 e. The average molecular weight is 484 g/mol. The van der Waals surface area contributed by atoms with Crippen LogP contribution in [0.15, 0.2) is 63.5 Å². The molecule has 176 valence electrons. The molecule has 3 aromatic rings. The van der Waals surface area contributed by atoms with Crippen LogP contribution in [0.1, 0.15) is 20.8 Å². The van der Waals surface area contributed by atoms with Gasteiger partial charge >= 0.3 is 17.6 Å². The Morgan fingerprint density at radius 1 is 1.06 bits per heavy atom. The smallest absolute Gasteiger partial charge is 0.333 e. The Kier molecular flexibility index (Phi) is 7.93. The summed E-state index contributed by atoms with van der Waals surface area (Å²) in [6, 6.07) is 12.3. The molecule has 0 unspecified atom stereocenters. The minimum absolute atomic E-state index is 0.0589. The minimum Gasteiger partial charge on any atom is -0.468 e. The normalized spacial score (nSPS) is 10.9. The molecule has 34 heavy (non-hydrogen) atoms. The number of nitrogens with zero attached hydrogens (tertiary/aromatic N) is 2. The van der Waals surface area contributed by atoms with Gasteiger partial charge in [0.05, 0.1) is 13.7 Å². The molecule has 0 spiro atoms. The highest BCUT2D eigenvalue weighted by Gasteiger charge is 2.24. The van der Waals surface area contributed by atoms with Crippen LogP contribution in [0.4, 0.5) is 5.82 Å². The summed E-state index contributed by atoms with van der Waals surface area (Å²) in [5.41, 5.74) is 4.20. The molecule has 2 N–H and O–H groups in total. The maximum atomic E-state index is 12.9. The van der Waals surface area contributed by atoms with Gasteiger partial charge in [-0.2, -0.15) is 0 Å². The van der Waals surface area contributed by atoms with Crippen molar-refractivity contribution < 1.29 is 23.9 Å². The van der Waals surface area contributed by atoms with Gasteiger partial charge in [-0.05, 0) is 23.1 Å². The molecule has 2 heterocycles. The number of benzene rings is 1. The molecule has 11 heteroatoms. The van der Waals surface area contributed by atoms with E-state index in [1.54, 1.807) is 36.4 Å². The predicted molar refractivity (Wildman–Crippen MR) is 126 cm³/mol. The standard InChI is InChI=1S/C23H21N3O7S/c1-32-19(29)13-26-22(30)20(17(27)14-33-18(28)10-9-16-8-5-11-34-16)21(24)25(23(26)31)12-15-6-3-2-4-7-15/h2-11H,12-14,24H2,1H3. The summed E-state index contributed by atoms with van der Waals surface area (Å²) in [5, 5.41) is 1.83. The number of anilines is 1. The Morgan fingerprint density at radius 3 is 2.44 bits per heavy atom. The average Bonchev–Trinajstić information content (AvgIpc) is 3.36. The van der Waals surface area contributed by atoms with Crippen LogP contribution >= 0.6 is 11.3 Å². The van der Waals surface area contributed by atoms with Gasteiger partial charge in [-0.1, -0.05) is 36.4 Å². The first-order chi connectivity index (χ1) is 16.3. The molecule has 0 saturated carbocycles. The lowest BCUT2D eigenvalue weighted by Crippen LogP contribution is -2.46. The van der Waals surface area contributed by atoms with Crippen molar-refractivity contribution in [1.82, 2.24) is 9.13 Å². The number of Topliss-reactive ketones (excluding diaryl/α,β-unsaturated/α-hetero) is 1. The SMILES string of the molecule is COC(=O)Cn1c(=O)c(C(=O)COC(=O)C=Cc2cccs2)c(N)n(Cc2ccccc2)c1=O. The van der Waals surface area contributed by atoms with E-state index in [1.165, 1.54) is 17.4 Å². The molecule has 1 aromatic carbocycles. The van der Waals surface area contributed by atoms with Crippen molar-refractivity contribution in [3.63, 3.8) is 0 Å². The van der Waals surface area contributed by atoms with Crippen LogP contribution < -0.4 is 17.0 Å². The first kappa shape index (κ1) is 24.4. The number of thiophene rings is 1. The number of esters is 2. The molecule has 0 aliphatic carbocycles. The Hall–Kier alpha value is -4.25. The summed E-state index contributed by atoms with van der Waals surface area (Å²) in [6.45, 7) is -1.56. The molecule has 0 amide bonds. The highest BCUT2D eigenvalue weighted by molar-refractivity contribution is 7.10. The second-order valence-electron chi connectivity index (χ2n) is 6.96. The first-order valence-electron chi connectivity index (χ1n) is 9.97. The summed E-state index contributed by atoms with van der Waals surface area (Å²) < 4.78 is 11.1. The summed E-state index contributed by atoms with van der Waals surface area (Å²) in [7, 11) is 1.10. The van der Waals surface area contributed by atoms with Crippen molar-refractivity contribution >= 4 is 41.0 Å². The van der Waals surface area contributed by atoms with Crippen LogP contribution in [-0.4, -0.2) is 40.6 Å². The van der Waals surface area contributed by atoms with E-state index in [2.05, 4.69) is 4.74 Å². The zero-order valence-corrected chi connectivity index (χ0v) is 18.9. The molecule has 2 aromatic heterocycles. The van der Waals surface area contributed by atoms with E-state index in [9.17, 15) is 24.0 Å². The number of rotatable bonds is 9. The zero-order valence-electron chi connectivity index (χ0n) is 18.1. The number of aromatic nitrogens is 2. The van der Waals surface area contributed by atoms with Gasteiger partial charge in [-0.15, -0.1) is 11.3 Å². The van der Waals surface area contributed by atoms with Gasteiger partial charge in [0.15, 0.2) is 6.61 Å². The van der Waals surface area contributed by atoms with Crippen LogP contribution in [-0.2, 0) is 32.2 Å². The number of nitrogen functional groups attached to an aromatic ring is 1. The molecular weight excluding hydrogens is 462 g/mol. The van der Waals surface area contributed by atoms with E-state index in [0.29, 0.717) is 10.1 Å². The highest BCUT2D eigenvalue weighted by atomic mass is 32.1. The number of carbonyl (C=O) groups excluding carboxylic acids is 3. The van der Waals surface area contributed by atoms with Gasteiger partial charge in [0.25, 0.3) is 5.56 Å². The van der Waals surface area contributed by atoms with E-state index in [0.717, 1.165) is 22.6 Å².